The Balaban J connectivity index is 1.27. The van der Waals surface area contributed by atoms with Gasteiger partial charge in [-0.25, -0.2) is 0 Å². The fourth-order valence-electron chi connectivity index (χ4n) is 7.40. The maximum atomic E-state index is 6.47. The molecule has 0 amide bonds. The number of benzene rings is 8. The minimum Gasteiger partial charge on any atom is -0.456 e. The van der Waals surface area contributed by atoms with Crippen molar-refractivity contribution in [3.8, 4) is 56.0 Å². The number of rotatable bonds is 3. The monoisotopic (exact) mass is 586 g/mol. The molecule has 0 radical (unpaired) electrons. The van der Waals surface area contributed by atoms with Crippen molar-refractivity contribution >= 4 is 43.5 Å². The van der Waals surface area contributed by atoms with E-state index in [-0.39, 0.29) is 0 Å². The maximum absolute atomic E-state index is 6.47. The summed E-state index contributed by atoms with van der Waals surface area (Å²) in [5.74, 6) is 1.80. The van der Waals surface area contributed by atoms with E-state index in [0.29, 0.717) is 0 Å². The van der Waals surface area contributed by atoms with Crippen LogP contribution in [0.4, 0.5) is 0 Å². The third-order valence-electron chi connectivity index (χ3n) is 9.45. The van der Waals surface area contributed by atoms with E-state index in [1.54, 1.807) is 0 Å². The normalized spacial score (nSPS) is 12.1. The van der Waals surface area contributed by atoms with E-state index in [4.69, 9.17) is 9.15 Å². The van der Waals surface area contributed by atoms with Gasteiger partial charge in [0.05, 0.1) is 0 Å². The summed E-state index contributed by atoms with van der Waals surface area (Å²) in [5, 5.41) is 7.05. The van der Waals surface area contributed by atoms with Gasteiger partial charge in [-0.1, -0.05) is 115 Å². The van der Waals surface area contributed by atoms with Crippen molar-refractivity contribution < 1.29 is 9.15 Å². The molecule has 46 heavy (non-hydrogen) atoms. The van der Waals surface area contributed by atoms with E-state index in [1.807, 2.05) is 12.1 Å². The lowest BCUT2D eigenvalue weighted by Crippen LogP contribution is -1.97. The number of ether oxygens (including phenoxy) is 1. The second-order valence-electron chi connectivity index (χ2n) is 12.0. The highest BCUT2D eigenvalue weighted by Crippen LogP contribution is 2.49. The molecule has 0 N–H and O–H groups in total. The predicted octanol–water partition coefficient (Wildman–Crippen LogP) is 12.7. The Kier molecular flexibility index (Phi) is 5.31. The molecule has 0 bridgehead atoms. The summed E-state index contributed by atoms with van der Waals surface area (Å²) < 4.78 is 12.9. The van der Waals surface area contributed by atoms with Crippen LogP contribution in [0.15, 0.2) is 162 Å². The van der Waals surface area contributed by atoms with Crippen molar-refractivity contribution in [2.75, 3.05) is 0 Å². The van der Waals surface area contributed by atoms with Crippen LogP contribution in [0.1, 0.15) is 0 Å². The Morgan fingerprint density at radius 2 is 1.02 bits per heavy atom. The van der Waals surface area contributed by atoms with Gasteiger partial charge in [0.1, 0.15) is 22.7 Å². The molecule has 214 valence electrons. The first-order chi connectivity index (χ1) is 22.8. The third kappa shape index (κ3) is 3.71. The SMILES string of the molecule is c1ccc(-c2cc(-c3ccc4c5c(cccc35)-c3ccccc3O4)cc(-c3cccc4oc5ccc6ccccc6c5c34)c2)cc1. The molecule has 0 saturated heterocycles. The van der Waals surface area contributed by atoms with Gasteiger partial charge in [-0.05, 0) is 97.6 Å². The summed E-state index contributed by atoms with van der Waals surface area (Å²) in [7, 11) is 0. The molecule has 2 heterocycles. The number of fused-ring (bicyclic) bond motifs is 7. The fraction of sp³-hybridized carbons (Fsp3) is 0. The smallest absolute Gasteiger partial charge is 0.136 e. The zero-order valence-electron chi connectivity index (χ0n) is 24.8. The number of para-hydroxylation sites is 1. The Morgan fingerprint density at radius 3 is 1.96 bits per heavy atom. The summed E-state index contributed by atoms with van der Waals surface area (Å²) in [6.07, 6.45) is 0. The van der Waals surface area contributed by atoms with Gasteiger partial charge in [0.15, 0.2) is 0 Å². The first-order valence-electron chi connectivity index (χ1n) is 15.7. The van der Waals surface area contributed by atoms with Crippen LogP contribution in [-0.2, 0) is 0 Å². The quantitative estimate of drug-likeness (QED) is 0.205. The fourth-order valence-corrected chi connectivity index (χ4v) is 7.40. The molecule has 0 spiro atoms. The first-order valence-corrected chi connectivity index (χ1v) is 15.7. The van der Waals surface area contributed by atoms with Crippen molar-refractivity contribution in [3.63, 3.8) is 0 Å². The van der Waals surface area contributed by atoms with Gasteiger partial charge in [0.2, 0.25) is 0 Å². The number of hydrogen-bond donors (Lipinski definition) is 0. The third-order valence-corrected chi connectivity index (χ3v) is 9.45. The molecule has 2 nitrogen and oxygen atoms in total. The van der Waals surface area contributed by atoms with Gasteiger partial charge >= 0.3 is 0 Å². The van der Waals surface area contributed by atoms with E-state index in [9.17, 15) is 0 Å². The summed E-state index contributed by atoms with van der Waals surface area (Å²) >= 11 is 0. The topological polar surface area (TPSA) is 22.4 Å². The van der Waals surface area contributed by atoms with Gasteiger partial charge in [0.25, 0.3) is 0 Å². The second kappa shape index (κ2) is 9.69. The number of furan rings is 1. The summed E-state index contributed by atoms with van der Waals surface area (Å²) in [5.41, 5.74) is 11.1. The second-order valence-corrected chi connectivity index (χ2v) is 12.0. The molecule has 0 atom stereocenters. The van der Waals surface area contributed by atoms with Crippen molar-refractivity contribution in [1.82, 2.24) is 0 Å². The lowest BCUT2D eigenvalue weighted by molar-refractivity contribution is 0.487. The van der Waals surface area contributed by atoms with Gasteiger partial charge in [-0.3, -0.25) is 0 Å². The molecule has 0 fully saturated rings. The Labute approximate surface area is 265 Å². The number of hydrogen-bond acceptors (Lipinski definition) is 2. The highest BCUT2D eigenvalue weighted by molar-refractivity contribution is 6.23. The molecule has 8 aromatic carbocycles. The molecule has 0 saturated carbocycles. The highest BCUT2D eigenvalue weighted by Gasteiger charge is 2.22. The lowest BCUT2D eigenvalue weighted by atomic mass is 9.87. The van der Waals surface area contributed by atoms with Crippen LogP contribution in [0.2, 0.25) is 0 Å². The van der Waals surface area contributed by atoms with Crippen molar-refractivity contribution in [2.45, 2.75) is 0 Å². The van der Waals surface area contributed by atoms with E-state index >= 15 is 0 Å². The van der Waals surface area contributed by atoms with Gasteiger partial charge in [-0.15, -0.1) is 0 Å². The molecular formula is C44H26O2. The van der Waals surface area contributed by atoms with Crippen LogP contribution in [0.3, 0.4) is 0 Å². The molecule has 2 heteroatoms. The van der Waals surface area contributed by atoms with E-state index in [2.05, 4.69) is 146 Å². The molecular weight excluding hydrogens is 560 g/mol. The summed E-state index contributed by atoms with van der Waals surface area (Å²) in [4.78, 5) is 0. The van der Waals surface area contributed by atoms with Crippen molar-refractivity contribution in [1.29, 1.82) is 0 Å². The average molecular weight is 587 g/mol. The summed E-state index contributed by atoms with van der Waals surface area (Å²) in [6.45, 7) is 0. The molecule has 1 aliphatic rings. The zero-order chi connectivity index (χ0) is 30.2. The highest BCUT2D eigenvalue weighted by atomic mass is 16.5. The van der Waals surface area contributed by atoms with E-state index < -0.39 is 0 Å². The molecule has 1 aromatic heterocycles. The minimum atomic E-state index is 0.896. The molecule has 9 aromatic rings. The van der Waals surface area contributed by atoms with Gasteiger partial charge in [-0.2, -0.15) is 0 Å². The molecule has 10 rings (SSSR count). The van der Waals surface area contributed by atoms with Gasteiger partial charge < -0.3 is 9.15 Å². The maximum Gasteiger partial charge on any atom is 0.136 e. The standard InChI is InChI=1S/C44H26O2/c1-2-10-27(11-3-1)29-24-30(32-21-23-40-42-36(32)16-8-17-37(42)35-14-6-7-18-38(35)45-40)26-31(25-29)34-15-9-19-39-44(34)43-33-13-5-4-12-28(33)20-22-41(43)46-39/h1-26H. The van der Waals surface area contributed by atoms with Crippen LogP contribution in [0, 0.1) is 0 Å². The minimum absolute atomic E-state index is 0.896. The Morgan fingerprint density at radius 1 is 0.326 bits per heavy atom. The van der Waals surface area contributed by atoms with Gasteiger partial charge in [0, 0.05) is 21.7 Å². The van der Waals surface area contributed by atoms with Crippen LogP contribution >= 0.6 is 0 Å². The molecule has 1 aliphatic heterocycles. The summed E-state index contributed by atoms with van der Waals surface area (Å²) in [6, 6.07) is 56.1. The van der Waals surface area contributed by atoms with E-state index in [0.717, 1.165) is 61.1 Å². The van der Waals surface area contributed by atoms with Crippen LogP contribution < -0.4 is 4.74 Å². The van der Waals surface area contributed by atoms with E-state index in [1.165, 1.54) is 38.4 Å². The largest absolute Gasteiger partial charge is 0.456 e. The average Bonchev–Trinajstić information content (AvgIpc) is 3.52. The van der Waals surface area contributed by atoms with Crippen LogP contribution in [0.5, 0.6) is 11.5 Å². The van der Waals surface area contributed by atoms with Crippen molar-refractivity contribution in [2.24, 2.45) is 0 Å². The van der Waals surface area contributed by atoms with Crippen LogP contribution in [0.25, 0.3) is 88.0 Å². The molecule has 0 unspecified atom stereocenters. The zero-order valence-corrected chi connectivity index (χ0v) is 24.8. The molecule has 0 aliphatic carbocycles. The Bertz CT molecular complexity index is 2660. The van der Waals surface area contributed by atoms with Crippen molar-refractivity contribution in [3.05, 3.63) is 158 Å². The predicted molar refractivity (Wildman–Crippen MR) is 191 cm³/mol. The first kappa shape index (κ1) is 25.2. The Hall–Kier alpha value is -6.12. The van der Waals surface area contributed by atoms with Crippen LogP contribution in [-0.4, -0.2) is 0 Å². The lowest BCUT2D eigenvalue weighted by Gasteiger charge is -2.22.